The first-order valence-corrected chi connectivity index (χ1v) is 9.09. The number of fused-ring (bicyclic) bond motifs is 1. The summed E-state index contributed by atoms with van der Waals surface area (Å²) < 4.78 is 0. The Morgan fingerprint density at radius 3 is 3.04 bits per heavy atom. The minimum absolute atomic E-state index is 0.110. The molecule has 3 heterocycles. The van der Waals surface area contributed by atoms with Gasteiger partial charge in [0.05, 0.1) is 10.5 Å². The SMILES string of the molecule is Cc1cnc([C@@H]2CCCN(C(=O)c3ccc4ncccc4c3)C2)s1. The van der Waals surface area contributed by atoms with Crippen molar-refractivity contribution in [3.8, 4) is 0 Å². The van der Waals surface area contributed by atoms with E-state index >= 15 is 0 Å². The van der Waals surface area contributed by atoms with Gasteiger partial charge in [0.25, 0.3) is 5.91 Å². The normalized spacial score (nSPS) is 18.0. The molecule has 0 spiro atoms. The molecule has 4 rings (SSSR count). The number of hydrogen-bond donors (Lipinski definition) is 0. The third kappa shape index (κ3) is 2.91. The maximum absolute atomic E-state index is 12.9. The number of aryl methyl sites for hydroxylation is 1. The second kappa shape index (κ2) is 6.32. The van der Waals surface area contributed by atoms with E-state index in [9.17, 15) is 4.79 Å². The molecule has 0 bridgehead atoms. The summed E-state index contributed by atoms with van der Waals surface area (Å²) in [5.41, 5.74) is 1.66. The lowest BCUT2D eigenvalue weighted by atomic mass is 9.98. The topological polar surface area (TPSA) is 46.1 Å². The monoisotopic (exact) mass is 337 g/mol. The lowest BCUT2D eigenvalue weighted by Crippen LogP contribution is -2.39. The molecule has 1 aliphatic rings. The summed E-state index contributed by atoms with van der Waals surface area (Å²) in [5.74, 6) is 0.474. The van der Waals surface area contributed by atoms with E-state index in [1.54, 1.807) is 17.5 Å². The molecule has 0 N–H and O–H groups in total. The van der Waals surface area contributed by atoms with Crippen LogP contribution in [-0.4, -0.2) is 33.9 Å². The molecule has 1 atom stereocenters. The van der Waals surface area contributed by atoms with E-state index in [1.165, 1.54) is 4.88 Å². The Kier molecular flexibility index (Phi) is 4.02. The first-order valence-electron chi connectivity index (χ1n) is 8.27. The van der Waals surface area contributed by atoms with Crippen molar-refractivity contribution in [1.82, 2.24) is 14.9 Å². The predicted octanol–water partition coefficient (Wildman–Crippen LogP) is 4.02. The lowest BCUT2D eigenvalue weighted by molar-refractivity contribution is 0.0707. The van der Waals surface area contributed by atoms with Crippen molar-refractivity contribution in [1.29, 1.82) is 0 Å². The van der Waals surface area contributed by atoms with Crippen LogP contribution in [0.4, 0.5) is 0 Å². The van der Waals surface area contributed by atoms with Crippen LogP contribution in [0.25, 0.3) is 10.9 Å². The van der Waals surface area contributed by atoms with Gasteiger partial charge >= 0.3 is 0 Å². The molecule has 1 amide bonds. The third-order valence-corrected chi connectivity index (χ3v) is 5.62. The van der Waals surface area contributed by atoms with Crippen molar-refractivity contribution >= 4 is 28.1 Å². The number of carbonyl (C=O) groups excluding carboxylic acids is 1. The zero-order valence-electron chi connectivity index (χ0n) is 13.6. The first kappa shape index (κ1) is 15.3. The number of nitrogens with zero attached hydrogens (tertiary/aromatic N) is 3. The van der Waals surface area contributed by atoms with Crippen molar-refractivity contribution in [2.45, 2.75) is 25.7 Å². The zero-order chi connectivity index (χ0) is 16.5. The largest absolute Gasteiger partial charge is 0.338 e. The van der Waals surface area contributed by atoms with E-state index in [2.05, 4.69) is 16.9 Å². The molecule has 1 aliphatic heterocycles. The van der Waals surface area contributed by atoms with Crippen LogP contribution >= 0.6 is 11.3 Å². The van der Waals surface area contributed by atoms with Gasteiger partial charge in [0, 0.05) is 47.2 Å². The fraction of sp³-hybridized carbons (Fsp3) is 0.316. The highest BCUT2D eigenvalue weighted by molar-refractivity contribution is 7.11. The molecule has 122 valence electrons. The molecule has 2 aromatic heterocycles. The number of likely N-dealkylation sites (tertiary alicyclic amines) is 1. The number of thiazole rings is 1. The highest BCUT2D eigenvalue weighted by Gasteiger charge is 2.27. The Morgan fingerprint density at radius 2 is 2.21 bits per heavy atom. The van der Waals surface area contributed by atoms with Crippen LogP contribution in [0.2, 0.25) is 0 Å². The Bertz CT molecular complexity index is 889. The van der Waals surface area contributed by atoms with Crippen LogP contribution in [0.3, 0.4) is 0 Å². The molecule has 24 heavy (non-hydrogen) atoms. The van der Waals surface area contributed by atoms with E-state index in [-0.39, 0.29) is 5.91 Å². The quantitative estimate of drug-likeness (QED) is 0.709. The van der Waals surface area contributed by atoms with Gasteiger partial charge in [0.1, 0.15) is 0 Å². The summed E-state index contributed by atoms with van der Waals surface area (Å²) in [7, 11) is 0. The summed E-state index contributed by atoms with van der Waals surface area (Å²) in [4.78, 5) is 25.0. The highest BCUT2D eigenvalue weighted by atomic mass is 32.1. The number of aromatic nitrogens is 2. The minimum atomic E-state index is 0.110. The molecular formula is C19H19N3OS. The maximum Gasteiger partial charge on any atom is 0.253 e. The summed E-state index contributed by atoms with van der Waals surface area (Å²) in [6.07, 6.45) is 5.84. The Balaban J connectivity index is 1.56. The van der Waals surface area contributed by atoms with E-state index in [1.807, 2.05) is 41.4 Å². The van der Waals surface area contributed by atoms with Crippen LogP contribution < -0.4 is 0 Å². The van der Waals surface area contributed by atoms with Gasteiger partial charge in [-0.3, -0.25) is 9.78 Å². The fourth-order valence-electron chi connectivity index (χ4n) is 3.32. The average Bonchev–Trinajstić information content (AvgIpc) is 3.07. The molecule has 0 saturated carbocycles. The van der Waals surface area contributed by atoms with Gasteiger partial charge in [-0.1, -0.05) is 6.07 Å². The number of carbonyl (C=O) groups is 1. The molecule has 1 fully saturated rings. The first-order chi connectivity index (χ1) is 11.7. The summed E-state index contributed by atoms with van der Waals surface area (Å²) in [5, 5.41) is 2.17. The average molecular weight is 337 g/mol. The van der Waals surface area contributed by atoms with Crippen molar-refractivity contribution in [2.75, 3.05) is 13.1 Å². The van der Waals surface area contributed by atoms with Crippen LogP contribution in [0.15, 0.2) is 42.7 Å². The third-order valence-electron chi connectivity index (χ3n) is 4.55. The number of benzene rings is 1. The summed E-state index contributed by atoms with van der Waals surface area (Å²) in [6.45, 7) is 3.66. The maximum atomic E-state index is 12.9. The molecule has 5 heteroatoms. The smallest absolute Gasteiger partial charge is 0.253 e. The fourth-order valence-corrected chi connectivity index (χ4v) is 4.22. The summed E-state index contributed by atoms with van der Waals surface area (Å²) >= 11 is 1.75. The van der Waals surface area contributed by atoms with Gasteiger partial charge in [0.2, 0.25) is 0 Å². The zero-order valence-corrected chi connectivity index (χ0v) is 14.4. The Hall–Kier alpha value is -2.27. The second-order valence-electron chi connectivity index (χ2n) is 6.31. The molecule has 3 aromatic rings. The lowest BCUT2D eigenvalue weighted by Gasteiger charge is -2.32. The molecule has 4 nitrogen and oxygen atoms in total. The van der Waals surface area contributed by atoms with Gasteiger partial charge < -0.3 is 4.90 Å². The molecule has 1 aromatic carbocycles. The molecular weight excluding hydrogens is 318 g/mol. The van der Waals surface area contributed by atoms with Crippen LogP contribution in [0.5, 0.6) is 0 Å². The van der Waals surface area contributed by atoms with Crippen molar-refractivity contribution in [2.24, 2.45) is 0 Å². The predicted molar refractivity (Wildman–Crippen MR) is 96.5 cm³/mol. The van der Waals surface area contributed by atoms with Gasteiger partial charge in [-0.25, -0.2) is 4.98 Å². The van der Waals surface area contributed by atoms with Gasteiger partial charge in [-0.05, 0) is 44.0 Å². The van der Waals surface area contributed by atoms with E-state index in [0.717, 1.165) is 47.4 Å². The Morgan fingerprint density at radius 1 is 1.29 bits per heavy atom. The van der Waals surface area contributed by atoms with Crippen molar-refractivity contribution < 1.29 is 4.79 Å². The number of hydrogen-bond acceptors (Lipinski definition) is 4. The van der Waals surface area contributed by atoms with Crippen molar-refractivity contribution in [3.63, 3.8) is 0 Å². The van der Waals surface area contributed by atoms with Crippen molar-refractivity contribution in [3.05, 3.63) is 58.2 Å². The van der Waals surface area contributed by atoms with Gasteiger partial charge in [-0.2, -0.15) is 0 Å². The summed E-state index contributed by atoms with van der Waals surface area (Å²) in [6, 6.07) is 9.65. The highest BCUT2D eigenvalue weighted by Crippen LogP contribution is 2.30. The van der Waals surface area contributed by atoms with Crippen LogP contribution in [-0.2, 0) is 0 Å². The minimum Gasteiger partial charge on any atom is -0.338 e. The van der Waals surface area contributed by atoms with E-state index < -0.39 is 0 Å². The van der Waals surface area contributed by atoms with Gasteiger partial charge in [-0.15, -0.1) is 11.3 Å². The molecule has 0 aliphatic carbocycles. The number of pyridine rings is 1. The molecule has 0 unspecified atom stereocenters. The van der Waals surface area contributed by atoms with Gasteiger partial charge in [0.15, 0.2) is 0 Å². The van der Waals surface area contributed by atoms with E-state index in [0.29, 0.717) is 5.92 Å². The number of rotatable bonds is 2. The van der Waals surface area contributed by atoms with E-state index in [4.69, 9.17) is 0 Å². The Labute approximate surface area is 145 Å². The number of amides is 1. The van der Waals surface area contributed by atoms with Crippen LogP contribution in [0.1, 0.15) is 39.0 Å². The second-order valence-corrected chi connectivity index (χ2v) is 7.58. The number of piperidine rings is 1. The van der Waals surface area contributed by atoms with Crippen LogP contribution in [0, 0.1) is 6.92 Å². The molecule has 1 saturated heterocycles. The molecule has 0 radical (unpaired) electrons. The standard InChI is InChI=1S/C19H19N3OS/c1-13-11-21-18(24-13)16-5-3-9-22(12-16)19(23)15-6-7-17-14(10-15)4-2-8-20-17/h2,4,6-8,10-11,16H,3,5,9,12H2,1H3/t16-/m1/s1.